The Bertz CT molecular complexity index is 686. The summed E-state index contributed by atoms with van der Waals surface area (Å²) in [6.07, 6.45) is 0.388. The highest BCUT2D eigenvalue weighted by Gasteiger charge is 2.28. The number of ether oxygens (including phenoxy) is 1. The lowest BCUT2D eigenvalue weighted by atomic mass is 10.1. The van der Waals surface area contributed by atoms with Gasteiger partial charge in [-0.1, -0.05) is 6.92 Å². The molecule has 10 heteroatoms. The van der Waals surface area contributed by atoms with Crippen molar-refractivity contribution < 1.29 is 18.6 Å². The maximum absolute atomic E-state index is 12.2. The smallest absolute Gasteiger partial charge is 0.410 e. The van der Waals surface area contributed by atoms with Gasteiger partial charge in [0.05, 0.1) is 19.1 Å². The van der Waals surface area contributed by atoms with Gasteiger partial charge in [0, 0.05) is 26.3 Å². The summed E-state index contributed by atoms with van der Waals surface area (Å²) < 4.78 is 18.9. The molecule has 0 saturated heterocycles. The van der Waals surface area contributed by atoms with Gasteiger partial charge in [-0.2, -0.15) is 4.08 Å². The molecule has 0 spiro atoms. The molecular weight excluding hydrogens is 429 g/mol. The third-order valence-electron chi connectivity index (χ3n) is 3.83. The summed E-state index contributed by atoms with van der Waals surface area (Å²) in [7, 11) is 3.99. The predicted molar refractivity (Wildman–Crippen MR) is 126 cm³/mol. The molecule has 7 nitrogen and oxygen atoms in total. The van der Waals surface area contributed by atoms with Crippen LogP contribution in [0.1, 0.15) is 38.3 Å². The highest BCUT2D eigenvalue weighted by Crippen LogP contribution is 2.55. The fourth-order valence-electron chi connectivity index (χ4n) is 2.93. The molecule has 0 aliphatic heterocycles. The van der Waals surface area contributed by atoms with E-state index in [-0.39, 0.29) is 0 Å². The van der Waals surface area contributed by atoms with Crippen molar-refractivity contribution in [3.8, 4) is 5.75 Å². The van der Waals surface area contributed by atoms with Crippen LogP contribution < -0.4 is 15.0 Å². The van der Waals surface area contributed by atoms with Crippen LogP contribution in [0.5, 0.6) is 5.75 Å². The van der Waals surface area contributed by atoms with Crippen molar-refractivity contribution in [3.05, 3.63) is 23.3 Å². The van der Waals surface area contributed by atoms with Crippen molar-refractivity contribution in [2.45, 2.75) is 41.0 Å². The number of rotatable bonds is 12. The molecule has 1 N–H and O–H groups in total. The number of hydrogen-bond donors (Lipinski definition) is 1. The quantitative estimate of drug-likeness (QED) is 0.262. The van der Waals surface area contributed by atoms with Crippen molar-refractivity contribution in [2.24, 2.45) is 0 Å². The Hall–Kier alpha value is -0.830. The van der Waals surface area contributed by atoms with Crippen LogP contribution in [0.3, 0.4) is 0 Å². The zero-order valence-corrected chi connectivity index (χ0v) is 21.0. The van der Waals surface area contributed by atoms with Gasteiger partial charge in [-0.3, -0.25) is 0 Å². The molecular formula is C19H34N3O4PS2. The number of nitrogens with one attached hydrogen (secondary N) is 1. The van der Waals surface area contributed by atoms with Crippen LogP contribution in [-0.4, -0.2) is 49.9 Å². The minimum atomic E-state index is -2.57. The fourth-order valence-corrected chi connectivity index (χ4v) is 7.33. The normalized spacial score (nSPS) is 11.6. The summed E-state index contributed by atoms with van der Waals surface area (Å²) in [6, 6.07) is 3.73. The van der Waals surface area contributed by atoms with E-state index in [1.165, 1.54) is 11.9 Å². The molecule has 0 atom stereocenters. The molecule has 0 fully saturated rings. The SMILES string of the molecule is CCCN(SCNC(=O)Oc1cc(C)c(N(C)C)c(C)c1)P(=S)(OCC)OCC. The van der Waals surface area contributed by atoms with E-state index in [2.05, 4.69) is 12.2 Å². The highest BCUT2D eigenvalue weighted by atomic mass is 32.5. The molecule has 0 heterocycles. The van der Waals surface area contributed by atoms with Crippen LogP contribution in [0, 0.1) is 13.8 Å². The van der Waals surface area contributed by atoms with Gasteiger partial charge in [0.15, 0.2) is 0 Å². The zero-order chi connectivity index (χ0) is 22.0. The Morgan fingerprint density at radius 1 is 1.14 bits per heavy atom. The van der Waals surface area contributed by atoms with E-state index < -0.39 is 12.7 Å². The number of nitrogens with zero attached hydrogens (tertiary/aromatic N) is 2. The van der Waals surface area contributed by atoms with Gasteiger partial charge in [0.2, 0.25) is 0 Å². The van der Waals surface area contributed by atoms with Crippen molar-refractivity contribution >= 4 is 42.2 Å². The maximum atomic E-state index is 12.2. The lowest BCUT2D eigenvalue weighted by molar-refractivity contribution is 0.202. The van der Waals surface area contributed by atoms with E-state index in [0.29, 0.717) is 31.4 Å². The fraction of sp³-hybridized carbons (Fsp3) is 0.632. The Labute approximate surface area is 184 Å². The lowest BCUT2D eigenvalue weighted by Gasteiger charge is -2.31. The van der Waals surface area contributed by atoms with Gasteiger partial charge in [-0.05, 0) is 81.1 Å². The van der Waals surface area contributed by atoms with Crippen molar-refractivity contribution in [1.29, 1.82) is 0 Å². The van der Waals surface area contributed by atoms with E-state index >= 15 is 0 Å². The first-order valence-corrected chi connectivity index (χ1v) is 13.3. The van der Waals surface area contributed by atoms with Gasteiger partial charge in [-0.25, -0.2) is 4.79 Å². The van der Waals surface area contributed by atoms with Crippen LogP contribution in [0.4, 0.5) is 10.5 Å². The number of hydrogen-bond acceptors (Lipinski definition) is 7. The second-order valence-electron chi connectivity index (χ2n) is 6.52. The number of aryl methyl sites for hydroxylation is 2. The van der Waals surface area contributed by atoms with Gasteiger partial charge >= 0.3 is 6.09 Å². The molecule has 0 radical (unpaired) electrons. The first-order valence-electron chi connectivity index (χ1n) is 9.72. The second-order valence-corrected chi connectivity index (χ2v) is 11.1. The monoisotopic (exact) mass is 463 g/mol. The molecule has 1 rings (SSSR count). The summed E-state index contributed by atoms with van der Waals surface area (Å²) in [5.41, 5.74) is 3.23. The Morgan fingerprint density at radius 2 is 1.69 bits per heavy atom. The molecule has 0 aromatic heterocycles. The summed E-state index contributed by atoms with van der Waals surface area (Å²) in [5.74, 6) is 0.831. The number of carbonyl (C=O) groups is 1. The van der Waals surface area contributed by atoms with Crippen LogP contribution >= 0.6 is 18.6 Å². The van der Waals surface area contributed by atoms with Crippen LogP contribution in [-0.2, 0) is 20.9 Å². The van der Waals surface area contributed by atoms with E-state index in [1.807, 2.05) is 62.9 Å². The summed E-state index contributed by atoms with van der Waals surface area (Å²) in [4.78, 5) is 14.3. The molecule has 0 aliphatic rings. The van der Waals surface area contributed by atoms with Crippen molar-refractivity contribution in [2.75, 3.05) is 44.6 Å². The predicted octanol–water partition coefficient (Wildman–Crippen LogP) is 5.07. The maximum Gasteiger partial charge on any atom is 0.413 e. The van der Waals surface area contributed by atoms with E-state index in [4.69, 9.17) is 25.6 Å². The molecule has 166 valence electrons. The molecule has 29 heavy (non-hydrogen) atoms. The van der Waals surface area contributed by atoms with Gasteiger partial charge < -0.3 is 24.0 Å². The first-order chi connectivity index (χ1) is 13.7. The molecule has 0 bridgehead atoms. The van der Waals surface area contributed by atoms with Crippen molar-refractivity contribution in [1.82, 2.24) is 9.39 Å². The molecule has 1 aromatic carbocycles. The lowest BCUT2D eigenvalue weighted by Crippen LogP contribution is -2.29. The van der Waals surface area contributed by atoms with Crippen LogP contribution in [0.2, 0.25) is 0 Å². The van der Waals surface area contributed by atoms with E-state index in [1.54, 1.807) is 0 Å². The van der Waals surface area contributed by atoms with Gasteiger partial charge in [-0.15, -0.1) is 0 Å². The first kappa shape index (κ1) is 26.2. The molecule has 1 amide bonds. The molecule has 0 saturated carbocycles. The van der Waals surface area contributed by atoms with Crippen LogP contribution in [0.15, 0.2) is 12.1 Å². The largest absolute Gasteiger partial charge is 0.413 e. The standard InChI is InChI=1S/C19H34N3O4PS2/c1-8-11-22(27(28,24-9-2)25-10-3)29-14-20-19(23)26-17-12-15(4)18(21(6)7)16(5)13-17/h12-13H,8-11,14H2,1-7H3,(H,20,23). The van der Waals surface area contributed by atoms with Crippen molar-refractivity contribution in [3.63, 3.8) is 0 Å². The number of benzene rings is 1. The van der Waals surface area contributed by atoms with Gasteiger partial charge in [0.1, 0.15) is 5.75 Å². The Balaban J connectivity index is 2.70. The molecule has 1 aromatic rings. The zero-order valence-electron chi connectivity index (χ0n) is 18.5. The van der Waals surface area contributed by atoms with Crippen LogP contribution in [0.25, 0.3) is 0 Å². The summed E-state index contributed by atoms with van der Waals surface area (Å²) in [6.45, 7) is 8.97. The Kier molecular flexibility index (Phi) is 11.5. The minimum Gasteiger partial charge on any atom is -0.410 e. The molecule has 0 unspecified atom stereocenters. The number of amides is 1. The third kappa shape index (κ3) is 8.07. The number of carbonyl (C=O) groups excluding carboxylic acids is 1. The summed E-state index contributed by atoms with van der Waals surface area (Å²) in [5, 5.41) is 2.76. The van der Waals surface area contributed by atoms with Gasteiger partial charge in [0.25, 0.3) is 6.64 Å². The minimum absolute atomic E-state index is 0.311. The van der Waals surface area contributed by atoms with E-state index in [0.717, 1.165) is 23.2 Å². The topological polar surface area (TPSA) is 63.3 Å². The highest BCUT2D eigenvalue weighted by molar-refractivity contribution is 8.15. The Morgan fingerprint density at radius 3 is 2.14 bits per heavy atom. The number of anilines is 1. The average molecular weight is 464 g/mol. The average Bonchev–Trinajstić information content (AvgIpc) is 2.60. The second kappa shape index (κ2) is 12.8. The van der Waals surface area contributed by atoms with E-state index in [9.17, 15) is 4.79 Å². The summed E-state index contributed by atoms with van der Waals surface area (Å²) >= 11 is 7.05. The third-order valence-corrected chi connectivity index (χ3v) is 9.02. The molecule has 0 aliphatic carbocycles.